The molecular weight excluding hydrogens is 328 g/mol. The number of rotatable bonds is 18. The summed E-state index contributed by atoms with van der Waals surface area (Å²) in [5, 5.41) is 8.70. The lowest BCUT2D eigenvalue weighted by Crippen LogP contribution is -2.35. The first kappa shape index (κ1) is 24.9. The van der Waals surface area contributed by atoms with Gasteiger partial charge in [0.15, 0.2) is 0 Å². The third-order valence-electron chi connectivity index (χ3n) is 5.06. The second-order valence-corrected chi connectivity index (χ2v) is 7.63. The van der Waals surface area contributed by atoms with Crippen LogP contribution in [0.25, 0.3) is 0 Å². The molecule has 0 amide bonds. The van der Waals surface area contributed by atoms with Crippen molar-refractivity contribution in [1.29, 1.82) is 0 Å². The van der Waals surface area contributed by atoms with Crippen LogP contribution >= 0.6 is 0 Å². The SMILES string of the molecule is CCCCCCCC(CCCC)(CCCC)OC(=O)CCCCC(=O)O. The number of unbranched alkanes of at least 4 members (excludes halogenated alkanes) is 7. The molecule has 0 spiro atoms. The highest BCUT2D eigenvalue weighted by Crippen LogP contribution is 2.32. The number of hydrogen-bond acceptors (Lipinski definition) is 3. The molecule has 0 saturated carbocycles. The van der Waals surface area contributed by atoms with E-state index in [0.29, 0.717) is 19.3 Å². The molecule has 0 saturated heterocycles. The van der Waals surface area contributed by atoms with E-state index in [2.05, 4.69) is 20.8 Å². The third-order valence-corrected chi connectivity index (χ3v) is 5.06. The van der Waals surface area contributed by atoms with E-state index >= 15 is 0 Å². The molecule has 4 heteroatoms. The number of hydrogen-bond donors (Lipinski definition) is 1. The van der Waals surface area contributed by atoms with Crippen LogP contribution in [-0.2, 0) is 14.3 Å². The van der Waals surface area contributed by atoms with Crippen molar-refractivity contribution in [3.63, 3.8) is 0 Å². The van der Waals surface area contributed by atoms with E-state index in [4.69, 9.17) is 9.84 Å². The van der Waals surface area contributed by atoms with Gasteiger partial charge in [0.25, 0.3) is 0 Å². The van der Waals surface area contributed by atoms with Crippen molar-refractivity contribution in [3.05, 3.63) is 0 Å². The first-order valence-corrected chi connectivity index (χ1v) is 10.9. The number of aliphatic carboxylic acids is 1. The lowest BCUT2D eigenvalue weighted by molar-refractivity contribution is -0.163. The van der Waals surface area contributed by atoms with Crippen molar-refractivity contribution < 1.29 is 19.4 Å². The molecule has 0 heterocycles. The topological polar surface area (TPSA) is 63.6 Å². The van der Waals surface area contributed by atoms with E-state index in [9.17, 15) is 9.59 Å². The quantitative estimate of drug-likeness (QED) is 0.216. The average molecular weight is 371 g/mol. The maximum Gasteiger partial charge on any atom is 0.306 e. The Morgan fingerprint density at radius 2 is 1.19 bits per heavy atom. The Balaban J connectivity index is 4.66. The van der Waals surface area contributed by atoms with Crippen LogP contribution in [0.2, 0.25) is 0 Å². The van der Waals surface area contributed by atoms with E-state index in [-0.39, 0.29) is 18.0 Å². The van der Waals surface area contributed by atoms with E-state index < -0.39 is 5.97 Å². The second-order valence-electron chi connectivity index (χ2n) is 7.63. The zero-order valence-corrected chi connectivity index (χ0v) is 17.5. The van der Waals surface area contributed by atoms with E-state index in [0.717, 1.165) is 51.4 Å². The maximum absolute atomic E-state index is 12.4. The molecule has 0 aromatic rings. The molecule has 0 bridgehead atoms. The van der Waals surface area contributed by atoms with Crippen LogP contribution in [0, 0.1) is 0 Å². The Bertz CT molecular complexity index is 357. The highest BCUT2D eigenvalue weighted by Gasteiger charge is 2.32. The highest BCUT2D eigenvalue weighted by atomic mass is 16.6. The van der Waals surface area contributed by atoms with Crippen molar-refractivity contribution >= 4 is 11.9 Å². The second kappa shape index (κ2) is 16.1. The molecule has 0 aromatic heterocycles. The van der Waals surface area contributed by atoms with Gasteiger partial charge in [0.1, 0.15) is 5.60 Å². The maximum atomic E-state index is 12.4. The lowest BCUT2D eigenvalue weighted by atomic mass is 9.85. The third kappa shape index (κ3) is 13.2. The molecule has 0 atom stereocenters. The fourth-order valence-corrected chi connectivity index (χ4v) is 3.41. The molecule has 4 nitrogen and oxygen atoms in total. The molecule has 0 aliphatic rings. The molecule has 0 aromatic carbocycles. The van der Waals surface area contributed by atoms with Gasteiger partial charge in [0.2, 0.25) is 0 Å². The largest absolute Gasteiger partial charge is 0.481 e. The van der Waals surface area contributed by atoms with E-state index in [1.807, 2.05) is 0 Å². The fourth-order valence-electron chi connectivity index (χ4n) is 3.41. The normalized spacial score (nSPS) is 11.5. The first-order chi connectivity index (χ1) is 12.5. The van der Waals surface area contributed by atoms with Crippen LogP contribution in [0.4, 0.5) is 0 Å². The Morgan fingerprint density at radius 3 is 1.73 bits per heavy atom. The van der Waals surface area contributed by atoms with E-state index in [1.54, 1.807) is 0 Å². The van der Waals surface area contributed by atoms with E-state index in [1.165, 1.54) is 25.7 Å². The standard InChI is InChI=1S/C22H42O4/c1-4-7-10-11-14-19-22(17-8-5-2,18-9-6-3)26-21(25)16-13-12-15-20(23)24/h4-19H2,1-3H3,(H,23,24). The van der Waals surface area contributed by atoms with Gasteiger partial charge in [-0.05, 0) is 51.4 Å². The number of carbonyl (C=O) groups excluding carboxylic acids is 1. The summed E-state index contributed by atoms with van der Waals surface area (Å²) < 4.78 is 6.07. The fraction of sp³-hybridized carbons (Fsp3) is 0.909. The number of carboxylic acids is 1. The molecule has 0 unspecified atom stereocenters. The van der Waals surface area contributed by atoms with Gasteiger partial charge in [0, 0.05) is 12.8 Å². The van der Waals surface area contributed by atoms with Crippen molar-refractivity contribution in [2.75, 3.05) is 0 Å². The summed E-state index contributed by atoms with van der Waals surface area (Å²) in [4.78, 5) is 23.0. The van der Waals surface area contributed by atoms with Gasteiger partial charge in [-0.2, -0.15) is 0 Å². The van der Waals surface area contributed by atoms with Crippen molar-refractivity contribution in [3.8, 4) is 0 Å². The van der Waals surface area contributed by atoms with Crippen molar-refractivity contribution in [2.45, 2.75) is 129 Å². The summed E-state index contributed by atoms with van der Waals surface area (Å²) in [6.45, 7) is 6.58. The van der Waals surface area contributed by atoms with Crippen molar-refractivity contribution in [2.24, 2.45) is 0 Å². The Labute approximate surface area is 161 Å². The van der Waals surface area contributed by atoms with Crippen LogP contribution in [0.15, 0.2) is 0 Å². The van der Waals surface area contributed by atoms with Crippen molar-refractivity contribution in [1.82, 2.24) is 0 Å². The van der Waals surface area contributed by atoms with Gasteiger partial charge in [0.05, 0.1) is 0 Å². The molecule has 0 radical (unpaired) electrons. The van der Waals surface area contributed by atoms with Crippen LogP contribution in [0.5, 0.6) is 0 Å². The van der Waals surface area contributed by atoms with Gasteiger partial charge in [-0.25, -0.2) is 0 Å². The van der Waals surface area contributed by atoms with Crippen LogP contribution in [0.1, 0.15) is 124 Å². The number of carbonyl (C=O) groups is 2. The molecule has 0 aliphatic carbocycles. The minimum atomic E-state index is -0.800. The van der Waals surface area contributed by atoms with Gasteiger partial charge < -0.3 is 9.84 Å². The summed E-state index contributed by atoms with van der Waals surface area (Å²) >= 11 is 0. The molecule has 26 heavy (non-hydrogen) atoms. The molecule has 0 rings (SSSR count). The van der Waals surface area contributed by atoms with Crippen LogP contribution < -0.4 is 0 Å². The average Bonchev–Trinajstić information content (AvgIpc) is 2.61. The Kier molecular flexibility index (Phi) is 15.5. The summed E-state index contributed by atoms with van der Waals surface area (Å²) in [5.41, 5.74) is -0.303. The molecule has 154 valence electrons. The lowest BCUT2D eigenvalue weighted by Gasteiger charge is -2.34. The summed E-state index contributed by atoms with van der Waals surface area (Å²) in [5.74, 6) is -0.943. The van der Waals surface area contributed by atoms with Crippen LogP contribution in [-0.4, -0.2) is 22.6 Å². The molecule has 0 aliphatic heterocycles. The number of ether oxygens (including phenoxy) is 1. The van der Waals surface area contributed by atoms with Gasteiger partial charge in [-0.15, -0.1) is 0 Å². The van der Waals surface area contributed by atoms with Gasteiger partial charge in [-0.1, -0.05) is 59.3 Å². The smallest absolute Gasteiger partial charge is 0.306 e. The Hall–Kier alpha value is -1.06. The number of esters is 1. The predicted molar refractivity (Wildman–Crippen MR) is 107 cm³/mol. The number of carboxylic acid groups (broad SMARTS) is 1. The monoisotopic (exact) mass is 370 g/mol. The zero-order chi connectivity index (χ0) is 19.7. The van der Waals surface area contributed by atoms with Gasteiger partial charge >= 0.3 is 11.9 Å². The summed E-state index contributed by atoms with van der Waals surface area (Å²) in [6.07, 6.45) is 15.0. The highest BCUT2D eigenvalue weighted by molar-refractivity contribution is 5.70. The minimum Gasteiger partial charge on any atom is -0.481 e. The summed E-state index contributed by atoms with van der Waals surface area (Å²) in [6, 6.07) is 0. The molecular formula is C22H42O4. The zero-order valence-electron chi connectivity index (χ0n) is 17.5. The summed E-state index contributed by atoms with van der Waals surface area (Å²) in [7, 11) is 0. The van der Waals surface area contributed by atoms with Crippen LogP contribution in [0.3, 0.4) is 0 Å². The molecule has 0 fully saturated rings. The predicted octanol–water partition coefficient (Wildman–Crippen LogP) is 6.65. The molecule has 1 N–H and O–H groups in total. The minimum absolute atomic E-state index is 0.127. The Morgan fingerprint density at radius 1 is 0.692 bits per heavy atom. The first-order valence-electron chi connectivity index (χ1n) is 10.9. The van der Waals surface area contributed by atoms with Gasteiger partial charge in [-0.3, -0.25) is 9.59 Å².